The fourth-order valence-electron chi connectivity index (χ4n) is 2.28. The molecule has 1 atom stereocenters. The average molecular weight is 281 g/mol. The Morgan fingerprint density at radius 2 is 2.15 bits per heavy atom. The van der Waals surface area contributed by atoms with Crippen molar-refractivity contribution in [1.82, 2.24) is 15.1 Å². The molecule has 0 radical (unpaired) electrons. The van der Waals surface area contributed by atoms with Crippen LogP contribution in [0.2, 0.25) is 0 Å². The number of aliphatic hydroxyl groups is 1. The van der Waals surface area contributed by atoms with Crippen LogP contribution in [0.15, 0.2) is 0 Å². The van der Waals surface area contributed by atoms with E-state index in [0.717, 1.165) is 30.7 Å². The Morgan fingerprint density at radius 1 is 1.45 bits per heavy atom. The van der Waals surface area contributed by atoms with Crippen LogP contribution in [0.25, 0.3) is 0 Å². The highest BCUT2D eigenvalue weighted by Gasteiger charge is 2.11. The molecule has 20 heavy (non-hydrogen) atoms. The van der Waals surface area contributed by atoms with Crippen LogP contribution in [0.3, 0.4) is 0 Å². The second-order valence-electron chi connectivity index (χ2n) is 5.55. The highest BCUT2D eigenvalue weighted by molar-refractivity contribution is 5.76. The number of hydrogen-bond donors (Lipinski definition) is 2. The third-order valence-corrected chi connectivity index (χ3v) is 3.77. The molecule has 0 aromatic carbocycles. The molecule has 0 saturated heterocycles. The lowest BCUT2D eigenvalue weighted by atomic mass is 10.1. The van der Waals surface area contributed by atoms with E-state index in [1.165, 1.54) is 5.56 Å². The SMILES string of the molecule is Cc1nn(C)c(C)c1CCC(=O)NCCCC(C)CO. The molecular formula is C15H27N3O2. The maximum atomic E-state index is 11.8. The number of amides is 1. The van der Waals surface area contributed by atoms with Gasteiger partial charge in [-0.1, -0.05) is 6.92 Å². The number of hydrogen-bond acceptors (Lipinski definition) is 3. The van der Waals surface area contributed by atoms with Crippen molar-refractivity contribution in [2.75, 3.05) is 13.2 Å². The summed E-state index contributed by atoms with van der Waals surface area (Å²) in [5.41, 5.74) is 3.32. The van der Waals surface area contributed by atoms with E-state index in [1.807, 2.05) is 32.5 Å². The van der Waals surface area contributed by atoms with Crippen LogP contribution in [0, 0.1) is 19.8 Å². The van der Waals surface area contributed by atoms with Crippen molar-refractivity contribution in [3.05, 3.63) is 17.0 Å². The van der Waals surface area contributed by atoms with Gasteiger partial charge in [0.15, 0.2) is 0 Å². The van der Waals surface area contributed by atoms with Crippen molar-refractivity contribution in [3.8, 4) is 0 Å². The maximum absolute atomic E-state index is 11.8. The molecule has 0 aliphatic rings. The first-order chi connectivity index (χ1) is 9.45. The van der Waals surface area contributed by atoms with Gasteiger partial charge in [0.25, 0.3) is 0 Å². The molecule has 0 bridgehead atoms. The Morgan fingerprint density at radius 3 is 2.70 bits per heavy atom. The van der Waals surface area contributed by atoms with Crippen LogP contribution in [-0.2, 0) is 18.3 Å². The normalized spacial score (nSPS) is 12.4. The van der Waals surface area contributed by atoms with Crippen LogP contribution < -0.4 is 5.32 Å². The van der Waals surface area contributed by atoms with Gasteiger partial charge in [-0.3, -0.25) is 9.48 Å². The number of nitrogens with one attached hydrogen (secondary N) is 1. The molecule has 2 N–H and O–H groups in total. The monoisotopic (exact) mass is 281 g/mol. The molecule has 1 heterocycles. The van der Waals surface area contributed by atoms with Gasteiger partial charge in [-0.05, 0) is 44.6 Å². The number of nitrogens with zero attached hydrogens (tertiary/aromatic N) is 2. The number of aliphatic hydroxyl groups excluding tert-OH is 1. The summed E-state index contributed by atoms with van der Waals surface area (Å²) in [5, 5.41) is 16.2. The molecule has 1 amide bonds. The van der Waals surface area contributed by atoms with Gasteiger partial charge in [-0.25, -0.2) is 0 Å². The van der Waals surface area contributed by atoms with Crippen LogP contribution in [0.1, 0.15) is 43.1 Å². The zero-order valence-electron chi connectivity index (χ0n) is 13.1. The first-order valence-corrected chi connectivity index (χ1v) is 7.32. The number of rotatable bonds is 8. The lowest BCUT2D eigenvalue weighted by molar-refractivity contribution is -0.121. The Balaban J connectivity index is 2.26. The summed E-state index contributed by atoms with van der Waals surface area (Å²) in [4.78, 5) is 11.8. The predicted octanol–water partition coefficient (Wildman–Crippen LogP) is 1.49. The van der Waals surface area contributed by atoms with Gasteiger partial charge in [0.1, 0.15) is 0 Å². The molecule has 0 fully saturated rings. The maximum Gasteiger partial charge on any atom is 0.220 e. The minimum atomic E-state index is 0.0873. The third kappa shape index (κ3) is 4.96. The topological polar surface area (TPSA) is 67.2 Å². The van der Waals surface area contributed by atoms with Crippen LogP contribution in [0.5, 0.6) is 0 Å². The van der Waals surface area contributed by atoms with Crippen molar-refractivity contribution in [2.45, 2.75) is 46.5 Å². The van der Waals surface area contributed by atoms with Crippen molar-refractivity contribution in [1.29, 1.82) is 0 Å². The summed E-state index contributed by atoms with van der Waals surface area (Å²) in [5.74, 6) is 0.400. The second kappa shape index (κ2) is 8.04. The van der Waals surface area contributed by atoms with Crippen LogP contribution in [0.4, 0.5) is 0 Å². The standard InChI is InChI=1S/C15H27N3O2/c1-11(10-19)6-5-9-16-15(20)8-7-14-12(2)17-18(4)13(14)3/h11,19H,5-10H2,1-4H3,(H,16,20). The van der Waals surface area contributed by atoms with E-state index in [1.54, 1.807) is 0 Å². The van der Waals surface area contributed by atoms with E-state index >= 15 is 0 Å². The first kappa shape index (κ1) is 16.7. The summed E-state index contributed by atoms with van der Waals surface area (Å²) in [6.45, 7) is 6.93. The molecule has 114 valence electrons. The molecule has 1 unspecified atom stereocenters. The quantitative estimate of drug-likeness (QED) is 0.710. The summed E-state index contributed by atoms with van der Waals surface area (Å²) < 4.78 is 1.86. The zero-order valence-corrected chi connectivity index (χ0v) is 13.1. The van der Waals surface area contributed by atoms with E-state index < -0.39 is 0 Å². The number of carbonyl (C=O) groups excluding carboxylic acids is 1. The van der Waals surface area contributed by atoms with E-state index in [-0.39, 0.29) is 12.5 Å². The van der Waals surface area contributed by atoms with Crippen molar-refractivity contribution in [3.63, 3.8) is 0 Å². The smallest absolute Gasteiger partial charge is 0.220 e. The molecule has 0 aliphatic carbocycles. The van der Waals surface area contributed by atoms with E-state index in [9.17, 15) is 4.79 Å². The minimum absolute atomic E-state index is 0.0873. The number of aryl methyl sites for hydroxylation is 2. The van der Waals surface area contributed by atoms with Gasteiger partial charge in [-0.2, -0.15) is 5.10 Å². The predicted molar refractivity (Wildman–Crippen MR) is 79.5 cm³/mol. The highest BCUT2D eigenvalue weighted by atomic mass is 16.3. The average Bonchev–Trinajstić information content (AvgIpc) is 2.66. The van der Waals surface area contributed by atoms with E-state index in [4.69, 9.17) is 5.11 Å². The third-order valence-electron chi connectivity index (χ3n) is 3.77. The summed E-state index contributed by atoms with van der Waals surface area (Å²) >= 11 is 0. The Hall–Kier alpha value is -1.36. The minimum Gasteiger partial charge on any atom is -0.396 e. The Bertz CT molecular complexity index is 441. The molecule has 0 saturated carbocycles. The van der Waals surface area contributed by atoms with Crippen molar-refractivity contribution in [2.24, 2.45) is 13.0 Å². The second-order valence-corrected chi connectivity index (χ2v) is 5.55. The fourth-order valence-corrected chi connectivity index (χ4v) is 2.28. The van der Waals surface area contributed by atoms with E-state index in [2.05, 4.69) is 10.4 Å². The molecule has 5 nitrogen and oxygen atoms in total. The summed E-state index contributed by atoms with van der Waals surface area (Å²) in [6.07, 6.45) is 3.10. The molecule has 0 spiro atoms. The molecular weight excluding hydrogens is 254 g/mol. The van der Waals surface area contributed by atoms with Gasteiger partial charge in [-0.15, -0.1) is 0 Å². The van der Waals surface area contributed by atoms with Crippen LogP contribution >= 0.6 is 0 Å². The van der Waals surface area contributed by atoms with Gasteiger partial charge in [0.05, 0.1) is 5.69 Å². The largest absolute Gasteiger partial charge is 0.396 e. The van der Waals surface area contributed by atoms with Gasteiger partial charge >= 0.3 is 0 Å². The Kier molecular flexibility index (Phi) is 6.71. The molecule has 1 aromatic rings. The molecule has 5 heteroatoms. The fraction of sp³-hybridized carbons (Fsp3) is 0.733. The molecule has 1 aromatic heterocycles. The van der Waals surface area contributed by atoms with Crippen molar-refractivity contribution >= 4 is 5.91 Å². The lowest BCUT2D eigenvalue weighted by Crippen LogP contribution is -2.25. The van der Waals surface area contributed by atoms with Gasteiger partial charge < -0.3 is 10.4 Å². The van der Waals surface area contributed by atoms with E-state index in [0.29, 0.717) is 18.9 Å². The van der Waals surface area contributed by atoms with Gasteiger partial charge in [0, 0.05) is 32.3 Å². The van der Waals surface area contributed by atoms with Crippen LogP contribution in [-0.4, -0.2) is 33.9 Å². The zero-order chi connectivity index (χ0) is 15.1. The number of carbonyl (C=O) groups is 1. The van der Waals surface area contributed by atoms with Crippen molar-refractivity contribution < 1.29 is 9.90 Å². The lowest BCUT2D eigenvalue weighted by Gasteiger charge is -2.08. The number of aromatic nitrogens is 2. The first-order valence-electron chi connectivity index (χ1n) is 7.32. The Labute approximate surface area is 121 Å². The summed E-state index contributed by atoms with van der Waals surface area (Å²) in [6, 6.07) is 0. The highest BCUT2D eigenvalue weighted by Crippen LogP contribution is 2.13. The van der Waals surface area contributed by atoms with Gasteiger partial charge in [0.2, 0.25) is 5.91 Å². The molecule has 1 rings (SSSR count). The summed E-state index contributed by atoms with van der Waals surface area (Å²) in [7, 11) is 1.92. The molecule has 0 aliphatic heterocycles.